The number of anilines is 1. The third kappa shape index (κ3) is 4.15. The number of hydrogen-bond acceptors (Lipinski definition) is 7. The predicted molar refractivity (Wildman–Crippen MR) is 92.6 cm³/mol. The Morgan fingerprint density at radius 3 is 2.76 bits per heavy atom. The van der Waals surface area contributed by atoms with Gasteiger partial charge in [0.1, 0.15) is 0 Å². The number of para-hydroxylation sites is 2. The molecule has 0 unspecified atom stereocenters. The van der Waals surface area contributed by atoms with Crippen molar-refractivity contribution >= 4 is 28.1 Å². The van der Waals surface area contributed by atoms with Crippen LogP contribution in [0.1, 0.15) is 0 Å². The van der Waals surface area contributed by atoms with Crippen molar-refractivity contribution in [3.05, 3.63) is 64.3 Å². The van der Waals surface area contributed by atoms with Crippen molar-refractivity contribution in [2.45, 2.75) is 0 Å². The van der Waals surface area contributed by atoms with E-state index in [4.69, 9.17) is 4.74 Å². The van der Waals surface area contributed by atoms with Gasteiger partial charge in [-0.05, 0) is 18.2 Å². The third-order valence-electron chi connectivity index (χ3n) is 3.15. The Labute approximate surface area is 146 Å². The number of carbonyl (C=O) groups is 1. The molecule has 0 bridgehead atoms. The van der Waals surface area contributed by atoms with Gasteiger partial charge in [0.15, 0.2) is 17.5 Å². The lowest BCUT2D eigenvalue weighted by atomic mass is 10.2. The van der Waals surface area contributed by atoms with E-state index in [1.165, 1.54) is 29.5 Å². The van der Waals surface area contributed by atoms with E-state index < -0.39 is 10.8 Å². The standard InChI is InChI=1S/C16H12N4O4S/c21-15(9-24-14-4-2-1-3-13(14)20(22)23)19-16-18-12(10-25-16)11-5-7-17-8-6-11/h1-8,10H,9H2,(H,18,19,21). The maximum absolute atomic E-state index is 12.0. The molecule has 0 aliphatic carbocycles. The molecule has 3 aromatic rings. The van der Waals surface area contributed by atoms with Crippen LogP contribution in [0.2, 0.25) is 0 Å². The largest absolute Gasteiger partial charge is 0.477 e. The van der Waals surface area contributed by atoms with Gasteiger partial charge in [-0.1, -0.05) is 12.1 Å². The van der Waals surface area contributed by atoms with Gasteiger partial charge in [-0.3, -0.25) is 25.2 Å². The fourth-order valence-corrected chi connectivity index (χ4v) is 2.75. The fraction of sp³-hybridized carbons (Fsp3) is 0.0625. The van der Waals surface area contributed by atoms with Gasteiger partial charge in [0.25, 0.3) is 5.91 Å². The van der Waals surface area contributed by atoms with Crippen LogP contribution in [-0.4, -0.2) is 27.4 Å². The minimum atomic E-state index is -0.560. The van der Waals surface area contributed by atoms with Crippen LogP contribution < -0.4 is 10.1 Å². The molecule has 0 aliphatic heterocycles. The van der Waals surface area contributed by atoms with Crippen LogP contribution in [0.5, 0.6) is 5.75 Å². The summed E-state index contributed by atoms with van der Waals surface area (Å²) in [7, 11) is 0. The zero-order chi connectivity index (χ0) is 17.6. The molecule has 1 amide bonds. The van der Waals surface area contributed by atoms with E-state index in [0.717, 1.165) is 11.3 Å². The molecular weight excluding hydrogens is 344 g/mol. The quantitative estimate of drug-likeness (QED) is 0.537. The number of rotatable bonds is 6. The summed E-state index contributed by atoms with van der Waals surface area (Å²) in [6, 6.07) is 9.52. The average Bonchev–Trinajstić information content (AvgIpc) is 3.09. The second-order valence-corrected chi connectivity index (χ2v) is 5.69. The van der Waals surface area contributed by atoms with E-state index in [1.54, 1.807) is 18.5 Å². The molecule has 9 heteroatoms. The van der Waals surface area contributed by atoms with Crippen molar-refractivity contribution in [3.8, 4) is 17.0 Å². The topological polar surface area (TPSA) is 107 Å². The second kappa shape index (κ2) is 7.49. The summed E-state index contributed by atoms with van der Waals surface area (Å²) in [5.41, 5.74) is 1.43. The van der Waals surface area contributed by atoms with Crippen LogP contribution in [0.25, 0.3) is 11.3 Å². The van der Waals surface area contributed by atoms with Crippen LogP contribution in [0.15, 0.2) is 54.2 Å². The minimum absolute atomic E-state index is 0.0410. The van der Waals surface area contributed by atoms with Gasteiger partial charge >= 0.3 is 5.69 Å². The molecule has 2 aromatic heterocycles. The maximum Gasteiger partial charge on any atom is 0.310 e. The first-order valence-electron chi connectivity index (χ1n) is 7.15. The Kier molecular flexibility index (Phi) is 4.95. The molecule has 0 atom stereocenters. The first kappa shape index (κ1) is 16.5. The normalized spacial score (nSPS) is 10.2. The summed E-state index contributed by atoms with van der Waals surface area (Å²) in [4.78, 5) is 30.6. The number of nitrogens with one attached hydrogen (secondary N) is 1. The summed E-state index contributed by atoms with van der Waals surface area (Å²) < 4.78 is 5.24. The molecule has 0 saturated heterocycles. The number of nitrogens with zero attached hydrogens (tertiary/aromatic N) is 3. The Hall–Kier alpha value is -3.33. The lowest BCUT2D eigenvalue weighted by Gasteiger charge is -2.06. The summed E-state index contributed by atoms with van der Waals surface area (Å²) in [5, 5.41) is 15.7. The molecule has 25 heavy (non-hydrogen) atoms. The van der Waals surface area contributed by atoms with E-state index >= 15 is 0 Å². The van der Waals surface area contributed by atoms with Gasteiger partial charge in [0.2, 0.25) is 0 Å². The van der Waals surface area contributed by atoms with Gasteiger partial charge in [0, 0.05) is 29.4 Å². The number of benzene rings is 1. The molecule has 2 heterocycles. The summed E-state index contributed by atoms with van der Waals surface area (Å²) >= 11 is 1.28. The number of aromatic nitrogens is 2. The van der Waals surface area contributed by atoms with Crippen molar-refractivity contribution in [2.75, 3.05) is 11.9 Å². The summed E-state index contributed by atoms with van der Waals surface area (Å²) in [6.45, 7) is -0.352. The van der Waals surface area contributed by atoms with Crippen LogP contribution in [0.4, 0.5) is 10.8 Å². The van der Waals surface area contributed by atoms with Crippen molar-refractivity contribution in [1.82, 2.24) is 9.97 Å². The number of amides is 1. The highest BCUT2D eigenvalue weighted by atomic mass is 32.1. The van der Waals surface area contributed by atoms with Crippen LogP contribution in [-0.2, 0) is 4.79 Å². The van der Waals surface area contributed by atoms with Crippen LogP contribution in [0.3, 0.4) is 0 Å². The first-order chi connectivity index (χ1) is 12.1. The lowest BCUT2D eigenvalue weighted by Crippen LogP contribution is -2.20. The van der Waals surface area contributed by atoms with Crippen LogP contribution in [0, 0.1) is 10.1 Å². The summed E-state index contributed by atoms with van der Waals surface area (Å²) in [6.07, 6.45) is 3.32. The highest BCUT2D eigenvalue weighted by Crippen LogP contribution is 2.26. The van der Waals surface area contributed by atoms with Gasteiger partial charge in [-0.25, -0.2) is 4.98 Å². The molecule has 3 rings (SSSR count). The number of pyridine rings is 1. The molecule has 0 spiro atoms. The van der Waals surface area contributed by atoms with Crippen molar-refractivity contribution in [3.63, 3.8) is 0 Å². The highest BCUT2D eigenvalue weighted by molar-refractivity contribution is 7.14. The molecule has 0 saturated carbocycles. The monoisotopic (exact) mass is 356 g/mol. The van der Waals surface area contributed by atoms with Gasteiger partial charge < -0.3 is 4.74 Å². The Balaban J connectivity index is 1.61. The zero-order valence-electron chi connectivity index (χ0n) is 12.8. The number of thiazole rings is 1. The predicted octanol–water partition coefficient (Wildman–Crippen LogP) is 3.13. The highest BCUT2D eigenvalue weighted by Gasteiger charge is 2.15. The molecule has 1 N–H and O–H groups in total. The van der Waals surface area contributed by atoms with Gasteiger partial charge in [-0.2, -0.15) is 0 Å². The van der Waals surface area contributed by atoms with E-state index in [1.807, 2.05) is 17.5 Å². The summed E-state index contributed by atoms with van der Waals surface area (Å²) in [5.74, 6) is -0.409. The second-order valence-electron chi connectivity index (χ2n) is 4.84. The molecule has 0 aliphatic rings. The average molecular weight is 356 g/mol. The van der Waals surface area contributed by atoms with E-state index in [0.29, 0.717) is 5.13 Å². The molecule has 126 valence electrons. The van der Waals surface area contributed by atoms with E-state index in [2.05, 4.69) is 15.3 Å². The molecular formula is C16H12N4O4S. The molecule has 0 fully saturated rings. The molecule has 8 nitrogen and oxygen atoms in total. The molecule has 1 aromatic carbocycles. The maximum atomic E-state index is 12.0. The molecule has 0 radical (unpaired) electrons. The van der Waals surface area contributed by atoms with Gasteiger partial charge in [0.05, 0.1) is 10.6 Å². The van der Waals surface area contributed by atoms with Crippen molar-refractivity contribution in [2.24, 2.45) is 0 Å². The Morgan fingerprint density at radius 2 is 2.00 bits per heavy atom. The minimum Gasteiger partial charge on any atom is -0.477 e. The third-order valence-corrected chi connectivity index (χ3v) is 3.91. The van der Waals surface area contributed by atoms with E-state index in [9.17, 15) is 14.9 Å². The Bertz CT molecular complexity index is 898. The number of ether oxygens (including phenoxy) is 1. The van der Waals surface area contributed by atoms with Crippen molar-refractivity contribution < 1.29 is 14.5 Å². The Morgan fingerprint density at radius 1 is 1.24 bits per heavy atom. The first-order valence-corrected chi connectivity index (χ1v) is 8.03. The zero-order valence-corrected chi connectivity index (χ0v) is 13.6. The number of carbonyl (C=O) groups excluding carboxylic acids is 1. The van der Waals surface area contributed by atoms with Crippen molar-refractivity contribution in [1.29, 1.82) is 0 Å². The number of nitro groups is 1. The van der Waals surface area contributed by atoms with Crippen LogP contribution >= 0.6 is 11.3 Å². The van der Waals surface area contributed by atoms with Gasteiger partial charge in [-0.15, -0.1) is 11.3 Å². The smallest absolute Gasteiger partial charge is 0.310 e. The SMILES string of the molecule is O=C(COc1ccccc1[N+](=O)[O-])Nc1nc(-c2ccncc2)cs1. The number of hydrogen-bond donors (Lipinski definition) is 1. The fourth-order valence-electron chi connectivity index (χ4n) is 2.02. The lowest BCUT2D eigenvalue weighted by molar-refractivity contribution is -0.385. The van der Waals surface area contributed by atoms with E-state index in [-0.39, 0.29) is 18.0 Å². The number of nitro benzene ring substituents is 1.